The fourth-order valence-electron chi connectivity index (χ4n) is 1.25. The molecule has 1 aromatic heterocycles. The summed E-state index contributed by atoms with van der Waals surface area (Å²) in [5.74, 6) is 0. The Bertz CT molecular complexity index is 548. The van der Waals surface area contributed by atoms with Crippen molar-refractivity contribution in [3.05, 3.63) is 57.9 Å². The van der Waals surface area contributed by atoms with Crippen LogP contribution in [-0.4, -0.2) is 9.91 Å². The van der Waals surface area contributed by atoms with E-state index < -0.39 is 4.92 Å². The quantitative estimate of drug-likeness (QED) is 0.626. The Morgan fingerprint density at radius 2 is 2.18 bits per heavy atom. The van der Waals surface area contributed by atoms with Gasteiger partial charge in [-0.3, -0.25) is 15.1 Å². The van der Waals surface area contributed by atoms with Crippen molar-refractivity contribution in [2.75, 3.05) is 0 Å². The first kappa shape index (κ1) is 11.9. The fraction of sp³-hybridized carbons (Fsp3) is 0. The summed E-state index contributed by atoms with van der Waals surface area (Å²) in [7, 11) is 0. The molecule has 0 atom stereocenters. The standard InChI is InChI=1S/C11H7ClN2O2S/c12-8-3-4-10(14(15)16)11(6-8)17-9-2-1-5-13-7-9/h1-7H. The first-order chi connectivity index (χ1) is 8.16. The largest absolute Gasteiger partial charge is 0.283 e. The lowest BCUT2D eigenvalue weighted by Gasteiger charge is -2.02. The summed E-state index contributed by atoms with van der Waals surface area (Å²) in [4.78, 5) is 15.7. The van der Waals surface area contributed by atoms with Crippen LogP contribution in [0.15, 0.2) is 52.5 Å². The number of halogens is 1. The Hall–Kier alpha value is -1.59. The summed E-state index contributed by atoms with van der Waals surface area (Å²) in [6.07, 6.45) is 3.30. The number of aromatic nitrogens is 1. The zero-order valence-corrected chi connectivity index (χ0v) is 10.1. The van der Waals surface area contributed by atoms with Crippen molar-refractivity contribution >= 4 is 29.1 Å². The summed E-state index contributed by atoms with van der Waals surface area (Å²) in [6, 6.07) is 8.10. The molecule has 0 aliphatic heterocycles. The molecule has 0 aliphatic carbocycles. The molecule has 2 rings (SSSR count). The van der Waals surface area contributed by atoms with E-state index in [-0.39, 0.29) is 5.69 Å². The third-order valence-electron chi connectivity index (χ3n) is 1.98. The van der Waals surface area contributed by atoms with Crippen molar-refractivity contribution < 1.29 is 4.92 Å². The van der Waals surface area contributed by atoms with Crippen LogP contribution < -0.4 is 0 Å². The molecule has 6 heteroatoms. The average Bonchev–Trinajstić information content (AvgIpc) is 2.30. The van der Waals surface area contributed by atoms with Gasteiger partial charge in [0.15, 0.2) is 0 Å². The van der Waals surface area contributed by atoms with Crippen LogP contribution in [0.1, 0.15) is 0 Å². The Labute approximate surface area is 107 Å². The van der Waals surface area contributed by atoms with Crippen LogP contribution in [0.25, 0.3) is 0 Å². The molecular formula is C11H7ClN2O2S. The SMILES string of the molecule is O=[N+]([O-])c1ccc(Cl)cc1Sc1cccnc1. The fourth-order valence-corrected chi connectivity index (χ4v) is 2.44. The molecule has 0 saturated carbocycles. The van der Waals surface area contributed by atoms with E-state index in [9.17, 15) is 10.1 Å². The van der Waals surface area contributed by atoms with Crippen LogP contribution in [-0.2, 0) is 0 Å². The topological polar surface area (TPSA) is 56.0 Å². The Balaban J connectivity index is 2.37. The van der Waals surface area contributed by atoms with Gasteiger partial charge in [-0.15, -0.1) is 0 Å². The molecule has 17 heavy (non-hydrogen) atoms. The first-order valence-electron chi connectivity index (χ1n) is 4.68. The molecule has 0 bridgehead atoms. The van der Waals surface area contributed by atoms with Crippen molar-refractivity contribution in [1.29, 1.82) is 0 Å². The van der Waals surface area contributed by atoms with Gasteiger partial charge in [0, 0.05) is 28.4 Å². The number of pyridine rings is 1. The first-order valence-corrected chi connectivity index (χ1v) is 5.88. The molecule has 2 aromatic rings. The summed E-state index contributed by atoms with van der Waals surface area (Å²) < 4.78 is 0. The summed E-state index contributed by atoms with van der Waals surface area (Å²) >= 11 is 7.10. The highest BCUT2D eigenvalue weighted by atomic mass is 35.5. The Kier molecular flexibility index (Phi) is 3.61. The van der Waals surface area contributed by atoms with Gasteiger partial charge in [-0.2, -0.15) is 0 Å². The van der Waals surface area contributed by atoms with E-state index in [1.165, 1.54) is 23.9 Å². The maximum Gasteiger partial charge on any atom is 0.283 e. The Morgan fingerprint density at radius 1 is 1.35 bits per heavy atom. The zero-order valence-electron chi connectivity index (χ0n) is 8.54. The van der Waals surface area contributed by atoms with E-state index in [1.54, 1.807) is 24.5 Å². The van der Waals surface area contributed by atoms with Crippen molar-refractivity contribution in [3.8, 4) is 0 Å². The third kappa shape index (κ3) is 2.95. The number of nitro benzene ring substituents is 1. The predicted octanol–water partition coefficient (Wildman–Crippen LogP) is 3.79. The second-order valence-electron chi connectivity index (χ2n) is 3.16. The maximum absolute atomic E-state index is 10.9. The van der Waals surface area contributed by atoms with Crippen LogP contribution in [0.5, 0.6) is 0 Å². The minimum Gasteiger partial charge on any atom is -0.264 e. The molecule has 0 radical (unpaired) electrons. The van der Waals surface area contributed by atoms with Crippen molar-refractivity contribution in [1.82, 2.24) is 4.98 Å². The summed E-state index contributed by atoms with van der Waals surface area (Å²) in [6.45, 7) is 0. The van der Waals surface area contributed by atoms with Crippen molar-refractivity contribution in [2.45, 2.75) is 9.79 Å². The van der Waals surface area contributed by atoms with Crippen LogP contribution in [0.4, 0.5) is 5.69 Å². The van der Waals surface area contributed by atoms with Gasteiger partial charge in [-0.1, -0.05) is 23.4 Å². The highest BCUT2D eigenvalue weighted by Crippen LogP contribution is 2.35. The number of benzene rings is 1. The molecule has 0 fully saturated rings. The van der Waals surface area contributed by atoms with E-state index in [1.807, 2.05) is 6.07 Å². The van der Waals surface area contributed by atoms with Crippen LogP contribution in [0.2, 0.25) is 5.02 Å². The van der Waals surface area contributed by atoms with Crippen LogP contribution >= 0.6 is 23.4 Å². The van der Waals surface area contributed by atoms with Crippen LogP contribution in [0, 0.1) is 10.1 Å². The van der Waals surface area contributed by atoms with Gasteiger partial charge < -0.3 is 0 Å². The second-order valence-corrected chi connectivity index (χ2v) is 4.71. The molecule has 0 amide bonds. The monoisotopic (exact) mass is 266 g/mol. The molecule has 1 heterocycles. The number of rotatable bonds is 3. The number of hydrogen-bond donors (Lipinski definition) is 0. The highest BCUT2D eigenvalue weighted by Gasteiger charge is 2.14. The van der Waals surface area contributed by atoms with E-state index >= 15 is 0 Å². The smallest absolute Gasteiger partial charge is 0.264 e. The van der Waals surface area contributed by atoms with Gasteiger partial charge in [0.1, 0.15) is 0 Å². The van der Waals surface area contributed by atoms with E-state index in [0.29, 0.717) is 9.92 Å². The van der Waals surface area contributed by atoms with Gasteiger partial charge >= 0.3 is 0 Å². The van der Waals surface area contributed by atoms with Gasteiger partial charge in [0.05, 0.1) is 9.82 Å². The van der Waals surface area contributed by atoms with Gasteiger partial charge in [-0.25, -0.2) is 0 Å². The number of hydrogen-bond acceptors (Lipinski definition) is 4. The van der Waals surface area contributed by atoms with Gasteiger partial charge in [0.25, 0.3) is 5.69 Å². The lowest BCUT2D eigenvalue weighted by molar-refractivity contribution is -0.387. The third-order valence-corrected chi connectivity index (χ3v) is 3.24. The summed E-state index contributed by atoms with van der Waals surface area (Å²) in [5, 5.41) is 11.3. The Morgan fingerprint density at radius 3 is 2.82 bits per heavy atom. The zero-order chi connectivity index (χ0) is 12.3. The average molecular weight is 267 g/mol. The van der Waals surface area contributed by atoms with Crippen molar-refractivity contribution in [3.63, 3.8) is 0 Å². The number of nitrogens with zero attached hydrogens (tertiary/aromatic N) is 2. The predicted molar refractivity (Wildman–Crippen MR) is 66.5 cm³/mol. The summed E-state index contributed by atoms with van der Waals surface area (Å²) in [5.41, 5.74) is 0.0447. The molecule has 0 saturated heterocycles. The van der Waals surface area contributed by atoms with Crippen LogP contribution in [0.3, 0.4) is 0 Å². The highest BCUT2D eigenvalue weighted by molar-refractivity contribution is 7.99. The molecule has 0 N–H and O–H groups in total. The van der Waals surface area contributed by atoms with E-state index in [2.05, 4.69) is 4.98 Å². The van der Waals surface area contributed by atoms with E-state index in [0.717, 1.165) is 4.90 Å². The molecule has 86 valence electrons. The van der Waals surface area contributed by atoms with Crippen molar-refractivity contribution in [2.24, 2.45) is 0 Å². The minimum absolute atomic E-state index is 0.0447. The molecule has 1 aromatic carbocycles. The second kappa shape index (κ2) is 5.16. The lowest BCUT2D eigenvalue weighted by atomic mass is 10.3. The van der Waals surface area contributed by atoms with E-state index in [4.69, 9.17) is 11.6 Å². The van der Waals surface area contributed by atoms with Gasteiger partial charge in [-0.05, 0) is 24.3 Å². The molecule has 0 unspecified atom stereocenters. The van der Waals surface area contributed by atoms with Gasteiger partial charge in [0.2, 0.25) is 0 Å². The molecule has 0 spiro atoms. The number of nitro groups is 1. The lowest BCUT2D eigenvalue weighted by Crippen LogP contribution is -1.90. The normalized spacial score (nSPS) is 10.2. The molecule has 4 nitrogen and oxygen atoms in total. The molecular weight excluding hydrogens is 260 g/mol. The molecule has 0 aliphatic rings. The maximum atomic E-state index is 10.9. The minimum atomic E-state index is -0.422.